The van der Waals surface area contributed by atoms with Crippen LogP contribution in [0.25, 0.3) is 0 Å². The van der Waals surface area contributed by atoms with Crippen molar-refractivity contribution < 1.29 is 0 Å². The molecule has 7 heteroatoms. The van der Waals surface area contributed by atoms with Crippen LogP contribution in [0.5, 0.6) is 0 Å². The molecule has 0 unspecified atom stereocenters. The topological polar surface area (TPSA) is 75.9 Å². The highest BCUT2D eigenvalue weighted by Gasteiger charge is 2.09. The van der Waals surface area contributed by atoms with E-state index in [1.807, 2.05) is 32.0 Å². The molecule has 106 valence electrons. The molecule has 0 aliphatic rings. The second-order valence-corrected chi connectivity index (χ2v) is 5.84. The third kappa shape index (κ3) is 3.59. The van der Waals surface area contributed by atoms with Crippen LogP contribution in [0.3, 0.4) is 0 Å². The summed E-state index contributed by atoms with van der Waals surface area (Å²) < 4.78 is 0.897. The zero-order chi connectivity index (χ0) is 14.7. The lowest BCUT2D eigenvalue weighted by molar-refractivity contribution is 0.777. The fourth-order valence-electron chi connectivity index (χ4n) is 1.59. The molecule has 2 rings (SSSR count). The van der Waals surface area contributed by atoms with Crippen molar-refractivity contribution in [2.75, 3.05) is 10.7 Å². The molecule has 0 bridgehead atoms. The summed E-state index contributed by atoms with van der Waals surface area (Å²) in [5.74, 6) is 7.56. The number of aromatic nitrogens is 2. The lowest BCUT2D eigenvalue weighted by atomic mass is 10.2. The first-order valence-electron chi connectivity index (χ1n) is 6.07. The summed E-state index contributed by atoms with van der Waals surface area (Å²) in [6.45, 7) is 4.05. The van der Waals surface area contributed by atoms with Crippen molar-refractivity contribution in [3.8, 4) is 0 Å². The van der Waals surface area contributed by atoms with Gasteiger partial charge in [-0.1, -0.05) is 25.4 Å². The van der Waals surface area contributed by atoms with Crippen LogP contribution >= 0.6 is 27.5 Å². The fraction of sp³-hybridized carbons (Fsp3) is 0.231. The Morgan fingerprint density at radius 2 is 1.90 bits per heavy atom. The molecule has 1 heterocycles. The highest BCUT2D eigenvalue weighted by molar-refractivity contribution is 9.10. The summed E-state index contributed by atoms with van der Waals surface area (Å²) in [5.41, 5.74) is 3.37. The Labute approximate surface area is 131 Å². The third-order valence-corrected chi connectivity index (χ3v) is 3.53. The largest absolute Gasteiger partial charge is 0.339 e. The summed E-state index contributed by atoms with van der Waals surface area (Å²) in [5, 5.41) is 3.85. The normalized spacial score (nSPS) is 10.7. The van der Waals surface area contributed by atoms with Crippen LogP contribution in [-0.2, 0) is 0 Å². The number of hydrogen-bond acceptors (Lipinski definition) is 5. The fourth-order valence-corrected chi connectivity index (χ4v) is 2.11. The van der Waals surface area contributed by atoms with Crippen molar-refractivity contribution in [3.63, 3.8) is 0 Å². The van der Waals surface area contributed by atoms with Crippen molar-refractivity contribution in [1.29, 1.82) is 0 Å². The molecule has 4 N–H and O–H groups in total. The lowest BCUT2D eigenvalue weighted by Gasteiger charge is -2.12. The van der Waals surface area contributed by atoms with E-state index in [1.165, 1.54) is 0 Å². The van der Waals surface area contributed by atoms with Gasteiger partial charge in [0.05, 0.1) is 5.69 Å². The summed E-state index contributed by atoms with van der Waals surface area (Å²) in [7, 11) is 0. The number of benzene rings is 1. The van der Waals surface area contributed by atoms with Gasteiger partial charge in [0.1, 0.15) is 17.5 Å². The lowest BCUT2D eigenvalue weighted by Crippen LogP contribution is -2.12. The molecule has 0 radical (unpaired) electrons. The van der Waals surface area contributed by atoms with Crippen molar-refractivity contribution in [3.05, 3.63) is 39.6 Å². The van der Waals surface area contributed by atoms with Gasteiger partial charge in [-0.2, -0.15) is 0 Å². The Morgan fingerprint density at radius 1 is 1.20 bits per heavy atom. The molecular formula is C13H15BrClN5. The predicted molar refractivity (Wildman–Crippen MR) is 86.4 cm³/mol. The average molecular weight is 357 g/mol. The first-order valence-corrected chi connectivity index (χ1v) is 7.24. The molecular weight excluding hydrogens is 342 g/mol. The van der Waals surface area contributed by atoms with E-state index in [1.54, 1.807) is 6.07 Å². The first kappa shape index (κ1) is 15.0. The van der Waals surface area contributed by atoms with Gasteiger partial charge in [0.25, 0.3) is 0 Å². The monoisotopic (exact) mass is 355 g/mol. The predicted octanol–water partition coefficient (Wildman–Crippen LogP) is 4.05. The van der Waals surface area contributed by atoms with E-state index in [0.29, 0.717) is 22.5 Å². The molecule has 0 saturated heterocycles. The van der Waals surface area contributed by atoms with Crippen molar-refractivity contribution in [2.24, 2.45) is 5.84 Å². The van der Waals surface area contributed by atoms with Crippen molar-refractivity contribution in [1.82, 2.24) is 9.97 Å². The highest BCUT2D eigenvalue weighted by Crippen LogP contribution is 2.29. The van der Waals surface area contributed by atoms with Crippen LogP contribution in [-0.4, -0.2) is 9.97 Å². The quantitative estimate of drug-likeness (QED) is 0.569. The van der Waals surface area contributed by atoms with Gasteiger partial charge in [0, 0.05) is 21.5 Å². The summed E-state index contributed by atoms with van der Waals surface area (Å²) >= 11 is 9.46. The molecule has 0 fully saturated rings. The van der Waals surface area contributed by atoms with Crippen molar-refractivity contribution in [2.45, 2.75) is 19.8 Å². The first-order chi connectivity index (χ1) is 9.49. The minimum Gasteiger partial charge on any atom is -0.339 e. The number of hydrazine groups is 1. The summed E-state index contributed by atoms with van der Waals surface area (Å²) in [4.78, 5) is 8.77. The van der Waals surface area contributed by atoms with E-state index in [9.17, 15) is 0 Å². The third-order valence-electron chi connectivity index (χ3n) is 2.60. The van der Waals surface area contributed by atoms with Gasteiger partial charge in [0.2, 0.25) is 0 Å². The van der Waals surface area contributed by atoms with E-state index in [2.05, 4.69) is 36.6 Å². The zero-order valence-corrected chi connectivity index (χ0v) is 13.5. The molecule has 0 saturated carbocycles. The molecule has 1 aromatic carbocycles. The molecule has 20 heavy (non-hydrogen) atoms. The Morgan fingerprint density at radius 3 is 2.55 bits per heavy atom. The van der Waals surface area contributed by atoms with Crippen LogP contribution in [0.1, 0.15) is 25.6 Å². The Bertz CT molecular complexity index is 618. The van der Waals surface area contributed by atoms with E-state index >= 15 is 0 Å². The van der Waals surface area contributed by atoms with Gasteiger partial charge in [-0.05, 0) is 34.1 Å². The number of nitrogens with zero attached hydrogens (tertiary/aromatic N) is 2. The van der Waals surface area contributed by atoms with E-state index in [-0.39, 0.29) is 5.92 Å². The van der Waals surface area contributed by atoms with Crippen LogP contribution < -0.4 is 16.6 Å². The second-order valence-electron chi connectivity index (χ2n) is 4.54. The van der Waals surface area contributed by atoms with Crippen molar-refractivity contribution >= 4 is 44.9 Å². The molecule has 0 amide bonds. The average Bonchev–Trinajstić information content (AvgIpc) is 2.42. The smallest absolute Gasteiger partial charge is 0.145 e. The SMILES string of the molecule is CC(C)c1nc(NN)cc(Nc2cc(Cl)ccc2Br)n1. The zero-order valence-electron chi connectivity index (χ0n) is 11.1. The molecule has 0 aliphatic heterocycles. The van der Waals surface area contributed by atoms with Gasteiger partial charge < -0.3 is 10.7 Å². The maximum atomic E-state index is 6.00. The van der Waals surface area contributed by atoms with Gasteiger partial charge in [-0.25, -0.2) is 15.8 Å². The number of nitrogens with two attached hydrogens (primary N) is 1. The van der Waals surface area contributed by atoms with Gasteiger partial charge in [0.15, 0.2) is 0 Å². The molecule has 2 aromatic rings. The molecule has 0 spiro atoms. The minimum absolute atomic E-state index is 0.201. The number of nitrogen functional groups attached to an aromatic ring is 1. The summed E-state index contributed by atoms with van der Waals surface area (Å²) in [6, 6.07) is 7.23. The number of hydrogen-bond donors (Lipinski definition) is 3. The standard InChI is InChI=1S/C13H15BrClN5/c1-7(2)13-18-11(6-12(19-13)20-16)17-10-5-8(15)3-4-9(10)14/h3-7H,16H2,1-2H3,(H2,17,18,19,20). The van der Waals surface area contributed by atoms with E-state index in [0.717, 1.165) is 10.2 Å². The van der Waals surface area contributed by atoms with Gasteiger partial charge in [-0.15, -0.1) is 0 Å². The number of halogens is 2. The minimum atomic E-state index is 0.201. The molecule has 0 aliphatic carbocycles. The highest BCUT2D eigenvalue weighted by atomic mass is 79.9. The Hall–Kier alpha value is -1.37. The molecule has 5 nitrogen and oxygen atoms in total. The van der Waals surface area contributed by atoms with Crippen LogP contribution in [0.2, 0.25) is 5.02 Å². The maximum Gasteiger partial charge on any atom is 0.145 e. The van der Waals surface area contributed by atoms with Crippen LogP contribution in [0.15, 0.2) is 28.7 Å². The molecule has 1 aromatic heterocycles. The summed E-state index contributed by atoms with van der Waals surface area (Å²) in [6.07, 6.45) is 0. The van der Waals surface area contributed by atoms with E-state index < -0.39 is 0 Å². The number of nitrogens with one attached hydrogen (secondary N) is 2. The van der Waals surface area contributed by atoms with Gasteiger partial charge >= 0.3 is 0 Å². The number of anilines is 3. The Kier molecular flexibility index (Phi) is 4.80. The van der Waals surface area contributed by atoms with Gasteiger partial charge in [-0.3, -0.25) is 0 Å². The van der Waals surface area contributed by atoms with Crippen LogP contribution in [0.4, 0.5) is 17.3 Å². The molecule has 0 atom stereocenters. The van der Waals surface area contributed by atoms with E-state index in [4.69, 9.17) is 17.4 Å². The Balaban J connectivity index is 2.37. The number of rotatable bonds is 4. The maximum absolute atomic E-state index is 6.00. The second kappa shape index (κ2) is 6.39. The van der Waals surface area contributed by atoms with Crippen LogP contribution in [0, 0.1) is 0 Å².